The molecule has 0 aliphatic heterocycles. The second kappa shape index (κ2) is 6.72. The van der Waals surface area contributed by atoms with E-state index in [1.807, 2.05) is 31.2 Å². The number of aryl methyl sites for hydroxylation is 1. The van der Waals surface area contributed by atoms with Crippen LogP contribution in [-0.4, -0.2) is 21.5 Å². The van der Waals surface area contributed by atoms with E-state index >= 15 is 0 Å². The van der Waals surface area contributed by atoms with Gasteiger partial charge in [-0.1, -0.05) is 30.3 Å². The Morgan fingerprint density at radius 1 is 1.14 bits per heavy atom. The minimum absolute atomic E-state index is 0.0315. The molecule has 0 bridgehead atoms. The minimum Gasteiger partial charge on any atom is -0.465 e. The highest BCUT2D eigenvalue weighted by molar-refractivity contribution is 7.89. The molecule has 0 saturated heterocycles. The second-order valence-electron chi connectivity index (χ2n) is 4.77. The van der Waals surface area contributed by atoms with E-state index in [1.165, 1.54) is 31.4 Å². The topological polar surface area (TPSA) is 72.5 Å². The van der Waals surface area contributed by atoms with Crippen molar-refractivity contribution in [2.45, 2.75) is 18.4 Å². The normalized spacial score (nSPS) is 11.2. The fourth-order valence-corrected chi connectivity index (χ4v) is 3.02. The van der Waals surface area contributed by atoms with Crippen molar-refractivity contribution in [2.24, 2.45) is 0 Å². The van der Waals surface area contributed by atoms with Gasteiger partial charge in [-0.2, -0.15) is 0 Å². The lowest BCUT2D eigenvalue weighted by Gasteiger charge is -2.09. The first-order chi connectivity index (χ1) is 10.4. The third kappa shape index (κ3) is 3.72. The summed E-state index contributed by atoms with van der Waals surface area (Å²) in [6.45, 7) is 2.11. The van der Waals surface area contributed by atoms with Gasteiger partial charge in [-0.15, -0.1) is 0 Å². The second-order valence-corrected chi connectivity index (χ2v) is 6.54. The summed E-state index contributed by atoms with van der Waals surface area (Å²) >= 11 is 0. The number of sulfonamides is 1. The Bertz CT molecular complexity index is 784. The molecule has 0 atom stereocenters. The van der Waals surface area contributed by atoms with Crippen molar-refractivity contribution in [3.63, 3.8) is 0 Å². The van der Waals surface area contributed by atoms with Crippen molar-refractivity contribution in [2.75, 3.05) is 7.11 Å². The summed E-state index contributed by atoms with van der Waals surface area (Å²) in [5.74, 6) is -0.573. The van der Waals surface area contributed by atoms with Gasteiger partial charge in [0, 0.05) is 6.54 Å². The number of esters is 1. The van der Waals surface area contributed by atoms with Crippen LogP contribution in [0.15, 0.2) is 53.4 Å². The zero-order chi connectivity index (χ0) is 16.2. The third-order valence-electron chi connectivity index (χ3n) is 3.28. The summed E-state index contributed by atoms with van der Waals surface area (Å²) in [6.07, 6.45) is 0. The average molecular weight is 319 g/mol. The lowest BCUT2D eigenvalue weighted by molar-refractivity contribution is 0.0600. The van der Waals surface area contributed by atoms with E-state index in [0.717, 1.165) is 11.1 Å². The number of hydrogen-bond donors (Lipinski definition) is 1. The van der Waals surface area contributed by atoms with E-state index < -0.39 is 16.0 Å². The molecule has 22 heavy (non-hydrogen) atoms. The van der Waals surface area contributed by atoms with Gasteiger partial charge in [0.2, 0.25) is 10.0 Å². The number of rotatable bonds is 5. The monoisotopic (exact) mass is 319 g/mol. The molecular weight excluding hydrogens is 302 g/mol. The molecule has 0 unspecified atom stereocenters. The fraction of sp³-hybridized carbons (Fsp3) is 0.188. The molecule has 6 heteroatoms. The van der Waals surface area contributed by atoms with Crippen LogP contribution < -0.4 is 4.72 Å². The molecule has 2 aromatic rings. The van der Waals surface area contributed by atoms with Gasteiger partial charge in [0.1, 0.15) is 0 Å². The van der Waals surface area contributed by atoms with E-state index in [-0.39, 0.29) is 17.0 Å². The molecule has 0 amide bonds. The van der Waals surface area contributed by atoms with E-state index in [1.54, 1.807) is 0 Å². The summed E-state index contributed by atoms with van der Waals surface area (Å²) < 4.78 is 31.8. The molecule has 0 spiro atoms. The highest BCUT2D eigenvalue weighted by Crippen LogP contribution is 2.14. The van der Waals surface area contributed by atoms with Crippen LogP contribution in [0.5, 0.6) is 0 Å². The molecule has 0 aliphatic carbocycles. The first-order valence-corrected chi connectivity index (χ1v) is 8.15. The van der Waals surface area contributed by atoms with Crippen LogP contribution >= 0.6 is 0 Å². The van der Waals surface area contributed by atoms with Crippen molar-refractivity contribution < 1.29 is 17.9 Å². The SMILES string of the molecule is COC(=O)c1cccc(S(=O)(=O)NCc2ccccc2C)c1. The number of hydrogen-bond acceptors (Lipinski definition) is 4. The third-order valence-corrected chi connectivity index (χ3v) is 4.68. The molecule has 0 aliphatic rings. The molecule has 0 aromatic heterocycles. The predicted octanol–water partition coefficient (Wildman–Crippen LogP) is 2.26. The van der Waals surface area contributed by atoms with Crippen molar-refractivity contribution in [1.82, 2.24) is 4.72 Å². The van der Waals surface area contributed by atoms with Crippen LogP contribution in [0.3, 0.4) is 0 Å². The Labute approximate surface area is 130 Å². The van der Waals surface area contributed by atoms with Crippen LogP contribution in [0.1, 0.15) is 21.5 Å². The Kier molecular flexibility index (Phi) is 4.95. The molecule has 116 valence electrons. The van der Waals surface area contributed by atoms with Crippen molar-refractivity contribution in [3.8, 4) is 0 Å². The number of benzene rings is 2. The molecule has 0 fully saturated rings. The lowest BCUT2D eigenvalue weighted by atomic mass is 10.1. The number of carbonyl (C=O) groups is 1. The van der Waals surface area contributed by atoms with E-state index in [2.05, 4.69) is 9.46 Å². The highest BCUT2D eigenvalue weighted by atomic mass is 32.2. The van der Waals surface area contributed by atoms with E-state index in [4.69, 9.17) is 0 Å². The number of nitrogens with one attached hydrogen (secondary N) is 1. The Morgan fingerprint density at radius 2 is 1.86 bits per heavy atom. The van der Waals surface area contributed by atoms with Gasteiger partial charge >= 0.3 is 5.97 Å². The summed E-state index contributed by atoms with van der Waals surface area (Å²) in [5, 5.41) is 0. The zero-order valence-corrected chi connectivity index (χ0v) is 13.2. The largest absolute Gasteiger partial charge is 0.465 e. The minimum atomic E-state index is -3.70. The summed E-state index contributed by atoms with van der Waals surface area (Å²) in [4.78, 5) is 11.5. The molecule has 2 aromatic carbocycles. The van der Waals surface area contributed by atoms with Crippen LogP contribution in [0.4, 0.5) is 0 Å². The van der Waals surface area contributed by atoms with Gasteiger partial charge in [0.25, 0.3) is 0 Å². The van der Waals surface area contributed by atoms with E-state index in [0.29, 0.717) is 0 Å². The van der Waals surface area contributed by atoms with Gasteiger partial charge in [-0.05, 0) is 36.2 Å². The zero-order valence-electron chi connectivity index (χ0n) is 12.4. The van der Waals surface area contributed by atoms with Gasteiger partial charge in [-0.3, -0.25) is 0 Å². The first-order valence-electron chi connectivity index (χ1n) is 6.66. The van der Waals surface area contributed by atoms with Crippen LogP contribution in [-0.2, 0) is 21.3 Å². The Balaban J connectivity index is 2.20. The molecule has 0 saturated carbocycles. The maximum Gasteiger partial charge on any atom is 0.337 e. The van der Waals surface area contributed by atoms with Gasteiger partial charge in [0.05, 0.1) is 17.6 Å². The molecule has 0 heterocycles. The van der Waals surface area contributed by atoms with Crippen LogP contribution in [0.25, 0.3) is 0 Å². The average Bonchev–Trinajstić information content (AvgIpc) is 2.53. The van der Waals surface area contributed by atoms with Gasteiger partial charge in [0.15, 0.2) is 0 Å². The molecule has 2 rings (SSSR count). The standard InChI is InChI=1S/C16H17NO4S/c1-12-6-3-4-7-14(12)11-17-22(19,20)15-9-5-8-13(10-15)16(18)21-2/h3-10,17H,11H2,1-2H3. The van der Waals surface area contributed by atoms with E-state index in [9.17, 15) is 13.2 Å². The Hall–Kier alpha value is -2.18. The summed E-state index contributed by atoms with van der Waals surface area (Å²) in [5.41, 5.74) is 2.10. The quantitative estimate of drug-likeness (QED) is 0.858. The molecule has 0 radical (unpaired) electrons. The molecule has 5 nitrogen and oxygen atoms in total. The van der Waals surface area contributed by atoms with Crippen LogP contribution in [0, 0.1) is 6.92 Å². The number of ether oxygens (including phenoxy) is 1. The van der Waals surface area contributed by atoms with Gasteiger partial charge < -0.3 is 4.74 Å². The summed E-state index contributed by atoms with van der Waals surface area (Å²) in [6, 6.07) is 13.3. The number of methoxy groups -OCH3 is 1. The first kappa shape index (κ1) is 16.2. The predicted molar refractivity (Wildman–Crippen MR) is 83.0 cm³/mol. The van der Waals surface area contributed by atoms with Crippen LogP contribution in [0.2, 0.25) is 0 Å². The number of carbonyl (C=O) groups excluding carboxylic acids is 1. The van der Waals surface area contributed by atoms with Crippen molar-refractivity contribution >= 4 is 16.0 Å². The van der Waals surface area contributed by atoms with Gasteiger partial charge in [-0.25, -0.2) is 17.9 Å². The Morgan fingerprint density at radius 3 is 2.55 bits per heavy atom. The molecule has 1 N–H and O–H groups in total. The fourth-order valence-electron chi connectivity index (χ4n) is 1.97. The summed E-state index contributed by atoms with van der Waals surface area (Å²) in [7, 11) is -2.45. The maximum atomic E-state index is 12.3. The lowest BCUT2D eigenvalue weighted by Crippen LogP contribution is -2.24. The van der Waals surface area contributed by atoms with Crippen molar-refractivity contribution in [3.05, 3.63) is 65.2 Å². The maximum absolute atomic E-state index is 12.3. The highest BCUT2D eigenvalue weighted by Gasteiger charge is 2.16. The smallest absolute Gasteiger partial charge is 0.337 e. The molecular formula is C16H17NO4S. The van der Waals surface area contributed by atoms with Crippen molar-refractivity contribution in [1.29, 1.82) is 0 Å².